The minimum absolute atomic E-state index is 0.0612. The first-order chi connectivity index (χ1) is 7.24. The van der Waals surface area contributed by atoms with E-state index in [9.17, 15) is 4.79 Å². The van der Waals surface area contributed by atoms with Gasteiger partial charge in [0.25, 0.3) is 0 Å². The zero-order valence-electron chi connectivity index (χ0n) is 10.00. The Balaban J connectivity index is 2.25. The number of nitrogens with zero attached hydrogens (tertiary/aromatic N) is 1. The average molecular weight is 213 g/mol. The van der Waals surface area contributed by atoms with E-state index in [-0.39, 0.29) is 5.97 Å². The van der Waals surface area contributed by atoms with Gasteiger partial charge in [-0.2, -0.15) is 0 Å². The van der Waals surface area contributed by atoms with Crippen LogP contribution in [0.25, 0.3) is 0 Å². The van der Waals surface area contributed by atoms with E-state index in [1.807, 2.05) is 6.92 Å². The van der Waals surface area contributed by atoms with Crippen molar-refractivity contribution in [3.63, 3.8) is 0 Å². The van der Waals surface area contributed by atoms with Gasteiger partial charge in [0, 0.05) is 12.6 Å². The van der Waals surface area contributed by atoms with Gasteiger partial charge in [-0.3, -0.25) is 4.79 Å². The lowest BCUT2D eigenvalue weighted by Gasteiger charge is -2.26. The van der Waals surface area contributed by atoms with Gasteiger partial charge >= 0.3 is 5.97 Å². The molecule has 1 unspecified atom stereocenters. The Kier molecular flexibility index (Phi) is 5.69. The average Bonchev–Trinajstić information content (AvgIpc) is 2.41. The lowest BCUT2D eigenvalue weighted by molar-refractivity contribution is -0.143. The Morgan fingerprint density at radius 2 is 2.20 bits per heavy atom. The van der Waals surface area contributed by atoms with E-state index in [1.165, 1.54) is 25.7 Å². The summed E-state index contributed by atoms with van der Waals surface area (Å²) in [7, 11) is 0. The minimum Gasteiger partial charge on any atom is -0.466 e. The third kappa shape index (κ3) is 4.65. The lowest BCUT2D eigenvalue weighted by Crippen LogP contribution is -2.34. The van der Waals surface area contributed by atoms with Crippen molar-refractivity contribution in [1.82, 2.24) is 4.90 Å². The van der Waals surface area contributed by atoms with Crippen molar-refractivity contribution >= 4 is 5.97 Å². The van der Waals surface area contributed by atoms with Crippen molar-refractivity contribution in [2.45, 2.75) is 52.0 Å². The molecule has 0 aromatic rings. The normalized spacial score (nSPS) is 23.5. The number of rotatable bonds is 4. The minimum atomic E-state index is -0.0612. The van der Waals surface area contributed by atoms with Gasteiger partial charge in [-0.1, -0.05) is 12.8 Å². The van der Waals surface area contributed by atoms with E-state index in [0.29, 0.717) is 19.1 Å². The van der Waals surface area contributed by atoms with Crippen LogP contribution in [0, 0.1) is 0 Å². The number of likely N-dealkylation sites (tertiary alicyclic amines) is 1. The molecule has 1 aliphatic rings. The second-order valence-electron chi connectivity index (χ2n) is 4.29. The van der Waals surface area contributed by atoms with Gasteiger partial charge in [-0.25, -0.2) is 0 Å². The molecular formula is C12H23NO2. The van der Waals surface area contributed by atoms with Crippen molar-refractivity contribution in [3.8, 4) is 0 Å². The quantitative estimate of drug-likeness (QED) is 0.670. The molecule has 1 aliphatic heterocycles. The maximum atomic E-state index is 11.2. The lowest BCUT2D eigenvalue weighted by atomic mass is 10.1. The molecule has 1 heterocycles. The number of carbonyl (C=O) groups is 1. The Morgan fingerprint density at radius 3 is 2.93 bits per heavy atom. The van der Waals surface area contributed by atoms with Crippen LogP contribution in [-0.4, -0.2) is 36.6 Å². The van der Waals surface area contributed by atoms with Crippen LogP contribution in [0.3, 0.4) is 0 Å². The van der Waals surface area contributed by atoms with Crippen LogP contribution in [0.4, 0.5) is 0 Å². The van der Waals surface area contributed by atoms with Gasteiger partial charge in [-0.15, -0.1) is 0 Å². The largest absolute Gasteiger partial charge is 0.466 e. The van der Waals surface area contributed by atoms with Crippen LogP contribution in [0.2, 0.25) is 0 Å². The highest BCUT2D eigenvalue weighted by Gasteiger charge is 2.17. The molecule has 1 atom stereocenters. The molecule has 0 aliphatic carbocycles. The van der Waals surface area contributed by atoms with Gasteiger partial charge in [0.2, 0.25) is 0 Å². The van der Waals surface area contributed by atoms with Crippen molar-refractivity contribution in [2.24, 2.45) is 0 Å². The van der Waals surface area contributed by atoms with Gasteiger partial charge in [0.15, 0.2) is 0 Å². The summed E-state index contributed by atoms with van der Waals surface area (Å²) in [5.41, 5.74) is 0. The summed E-state index contributed by atoms with van der Waals surface area (Å²) in [6, 6.07) is 0.627. The Labute approximate surface area is 92.8 Å². The first-order valence-corrected chi connectivity index (χ1v) is 6.13. The van der Waals surface area contributed by atoms with Gasteiger partial charge in [0.1, 0.15) is 0 Å². The molecule has 1 saturated heterocycles. The van der Waals surface area contributed by atoms with Crippen molar-refractivity contribution < 1.29 is 9.53 Å². The zero-order valence-corrected chi connectivity index (χ0v) is 10.00. The van der Waals surface area contributed by atoms with Crippen molar-refractivity contribution in [1.29, 1.82) is 0 Å². The molecule has 0 aromatic carbocycles. The predicted octanol–water partition coefficient (Wildman–Crippen LogP) is 2.20. The van der Waals surface area contributed by atoms with E-state index in [1.54, 1.807) is 0 Å². The van der Waals surface area contributed by atoms with Crippen molar-refractivity contribution in [2.75, 3.05) is 19.7 Å². The summed E-state index contributed by atoms with van der Waals surface area (Å²) in [5, 5.41) is 0. The molecule has 0 aromatic heterocycles. The zero-order chi connectivity index (χ0) is 11.1. The Bertz CT molecular complexity index is 194. The highest BCUT2D eigenvalue weighted by Crippen LogP contribution is 2.16. The molecule has 0 saturated carbocycles. The smallest absolute Gasteiger partial charge is 0.307 e. The first kappa shape index (κ1) is 12.5. The molecule has 3 nitrogen and oxygen atoms in total. The fourth-order valence-electron chi connectivity index (χ4n) is 2.13. The second kappa shape index (κ2) is 6.83. The highest BCUT2D eigenvalue weighted by molar-refractivity contribution is 5.69. The van der Waals surface area contributed by atoms with Gasteiger partial charge in [0.05, 0.1) is 13.0 Å². The third-order valence-electron chi connectivity index (χ3n) is 3.10. The molecule has 0 bridgehead atoms. The number of hydrogen-bond donors (Lipinski definition) is 0. The highest BCUT2D eigenvalue weighted by atomic mass is 16.5. The molecule has 0 radical (unpaired) electrons. The van der Waals surface area contributed by atoms with Crippen LogP contribution < -0.4 is 0 Å². The standard InChI is InChI=1S/C12H23NO2/c1-3-15-12(14)8-10-13-9-6-4-5-7-11(13)2/h11H,3-10H2,1-2H3. The molecule has 15 heavy (non-hydrogen) atoms. The monoisotopic (exact) mass is 213 g/mol. The molecule has 3 heteroatoms. The molecule has 88 valence electrons. The topological polar surface area (TPSA) is 29.5 Å². The summed E-state index contributed by atoms with van der Waals surface area (Å²) in [4.78, 5) is 13.6. The maximum absolute atomic E-state index is 11.2. The van der Waals surface area contributed by atoms with Crippen LogP contribution in [-0.2, 0) is 9.53 Å². The van der Waals surface area contributed by atoms with E-state index >= 15 is 0 Å². The number of carbonyl (C=O) groups excluding carboxylic acids is 1. The second-order valence-corrected chi connectivity index (χ2v) is 4.29. The molecule has 1 fully saturated rings. The summed E-state index contributed by atoms with van der Waals surface area (Å²) in [6.07, 6.45) is 5.74. The first-order valence-electron chi connectivity index (χ1n) is 6.13. The fraction of sp³-hybridized carbons (Fsp3) is 0.917. The number of esters is 1. The molecule has 0 spiro atoms. The molecule has 1 rings (SSSR count). The molecule has 0 amide bonds. The van der Waals surface area contributed by atoms with Crippen molar-refractivity contribution in [3.05, 3.63) is 0 Å². The van der Waals surface area contributed by atoms with Crippen LogP contribution in [0.15, 0.2) is 0 Å². The van der Waals surface area contributed by atoms with Gasteiger partial charge in [-0.05, 0) is 33.2 Å². The van der Waals surface area contributed by atoms with E-state index in [4.69, 9.17) is 4.74 Å². The number of ether oxygens (including phenoxy) is 1. The van der Waals surface area contributed by atoms with Crippen LogP contribution in [0.5, 0.6) is 0 Å². The Morgan fingerprint density at radius 1 is 1.40 bits per heavy atom. The summed E-state index contributed by atoms with van der Waals surface area (Å²) in [6.45, 7) is 6.61. The summed E-state index contributed by atoms with van der Waals surface area (Å²) in [5.74, 6) is -0.0612. The third-order valence-corrected chi connectivity index (χ3v) is 3.10. The van der Waals surface area contributed by atoms with Gasteiger partial charge < -0.3 is 9.64 Å². The Hall–Kier alpha value is -0.570. The summed E-state index contributed by atoms with van der Waals surface area (Å²) < 4.78 is 4.93. The predicted molar refractivity (Wildman–Crippen MR) is 60.8 cm³/mol. The van der Waals surface area contributed by atoms with E-state index < -0.39 is 0 Å². The molecular weight excluding hydrogens is 190 g/mol. The summed E-state index contributed by atoms with van der Waals surface area (Å²) >= 11 is 0. The number of hydrogen-bond acceptors (Lipinski definition) is 3. The van der Waals surface area contributed by atoms with Crippen LogP contribution in [0.1, 0.15) is 46.0 Å². The SMILES string of the molecule is CCOC(=O)CCN1CCCCCC1C. The fourth-order valence-corrected chi connectivity index (χ4v) is 2.13. The van der Waals surface area contributed by atoms with E-state index in [2.05, 4.69) is 11.8 Å². The van der Waals surface area contributed by atoms with Crippen LogP contribution >= 0.6 is 0 Å². The maximum Gasteiger partial charge on any atom is 0.307 e. The van der Waals surface area contributed by atoms with E-state index in [0.717, 1.165) is 13.1 Å². The molecule has 0 N–H and O–H groups in total.